The first-order chi connectivity index (χ1) is 11.3. The van der Waals surface area contributed by atoms with Gasteiger partial charge in [-0.2, -0.15) is 0 Å². The van der Waals surface area contributed by atoms with Gasteiger partial charge < -0.3 is 15.0 Å². The molecular weight excluding hydrogens is 366 g/mol. The van der Waals surface area contributed by atoms with E-state index in [2.05, 4.69) is 21.7 Å². The second-order valence-electron chi connectivity index (χ2n) is 5.89. The lowest BCUT2D eigenvalue weighted by Gasteiger charge is -2.26. The van der Waals surface area contributed by atoms with E-state index in [1.807, 2.05) is 11.0 Å². The number of aromatic nitrogens is 1. The van der Waals surface area contributed by atoms with Crippen molar-refractivity contribution in [3.05, 3.63) is 22.4 Å². The minimum absolute atomic E-state index is 0. The van der Waals surface area contributed by atoms with Crippen molar-refractivity contribution < 1.29 is 9.53 Å². The summed E-state index contributed by atoms with van der Waals surface area (Å²) in [5.41, 5.74) is 1.01. The van der Waals surface area contributed by atoms with Crippen molar-refractivity contribution in [1.82, 2.24) is 9.88 Å². The number of hydrogen-bond donors (Lipinski definition) is 1. The van der Waals surface area contributed by atoms with Crippen LogP contribution in [0.4, 0.5) is 5.13 Å². The molecule has 2 aromatic heterocycles. The number of thiophene rings is 1. The Hall–Kier alpha value is -1.15. The van der Waals surface area contributed by atoms with Gasteiger partial charge in [0.05, 0.1) is 30.2 Å². The summed E-state index contributed by atoms with van der Waals surface area (Å²) in [6.45, 7) is 2.72. The van der Waals surface area contributed by atoms with Gasteiger partial charge in [-0.3, -0.25) is 4.79 Å². The molecule has 8 heteroatoms. The van der Waals surface area contributed by atoms with Gasteiger partial charge in [0.1, 0.15) is 0 Å². The van der Waals surface area contributed by atoms with E-state index in [1.165, 1.54) is 12.8 Å². The zero-order chi connectivity index (χ0) is 15.6. The minimum Gasteiger partial charge on any atom is -0.378 e. The molecule has 2 aromatic rings. The number of carbonyl (C=O) groups excluding carboxylic acids is 1. The van der Waals surface area contributed by atoms with Crippen molar-refractivity contribution in [2.75, 3.05) is 31.6 Å². The molecule has 0 unspecified atom stereocenters. The van der Waals surface area contributed by atoms with Gasteiger partial charge in [-0.25, -0.2) is 4.98 Å². The maximum Gasteiger partial charge on any atom is 0.227 e. The van der Waals surface area contributed by atoms with E-state index in [4.69, 9.17) is 4.74 Å². The van der Waals surface area contributed by atoms with Crippen LogP contribution < -0.4 is 5.32 Å². The fraction of sp³-hybridized carbons (Fsp3) is 0.500. The number of thiazole rings is 1. The van der Waals surface area contributed by atoms with Crippen molar-refractivity contribution in [3.63, 3.8) is 0 Å². The van der Waals surface area contributed by atoms with Crippen LogP contribution in [0.1, 0.15) is 17.7 Å². The van der Waals surface area contributed by atoms with Crippen molar-refractivity contribution in [2.45, 2.75) is 25.3 Å². The molecule has 0 radical (unpaired) electrons. The predicted molar refractivity (Wildman–Crippen MR) is 100 cm³/mol. The second kappa shape index (κ2) is 7.82. The highest BCUT2D eigenvalue weighted by atomic mass is 35.5. The lowest BCUT2D eigenvalue weighted by atomic mass is 10.3. The summed E-state index contributed by atoms with van der Waals surface area (Å²) >= 11 is 3.32. The Morgan fingerprint density at radius 3 is 2.88 bits per heavy atom. The Kier molecular flexibility index (Phi) is 5.76. The molecule has 1 aliphatic heterocycles. The lowest BCUT2D eigenvalue weighted by molar-refractivity contribution is -0.134. The van der Waals surface area contributed by atoms with E-state index < -0.39 is 0 Å². The van der Waals surface area contributed by atoms with Crippen molar-refractivity contribution in [3.8, 4) is 10.6 Å². The number of ether oxygens (including phenoxy) is 1. The highest BCUT2D eigenvalue weighted by molar-refractivity contribution is 7.17. The van der Waals surface area contributed by atoms with Crippen LogP contribution in [0.25, 0.3) is 10.6 Å². The van der Waals surface area contributed by atoms with Crippen LogP contribution in [0, 0.1) is 0 Å². The SMILES string of the molecule is Cl.O=C(Cc1ccc(-c2csc(NC3CC3)n2)s1)N1CCOCC1. The molecular formula is C16H20ClN3O2S2. The fourth-order valence-corrected chi connectivity index (χ4v) is 4.36. The fourth-order valence-electron chi connectivity index (χ4n) is 2.54. The second-order valence-corrected chi connectivity index (χ2v) is 7.92. The molecule has 1 saturated heterocycles. The molecule has 2 fully saturated rings. The average molecular weight is 386 g/mol. The molecule has 1 N–H and O–H groups in total. The van der Waals surface area contributed by atoms with E-state index in [0.29, 0.717) is 38.8 Å². The quantitative estimate of drug-likeness (QED) is 0.858. The van der Waals surface area contributed by atoms with E-state index in [1.54, 1.807) is 22.7 Å². The summed E-state index contributed by atoms with van der Waals surface area (Å²) in [6, 6.07) is 4.74. The summed E-state index contributed by atoms with van der Waals surface area (Å²) in [6.07, 6.45) is 2.98. The van der Waals surface area contributed by atoms with Crippen LogP contribution >= 0.6 is 35.1 Å². The van der Waals surface area contributed by atoms with Crippen molar-refractivity contribution >= 4 is 46.1 Å². The Balaban J connectivity index is 0.00000169. The Morgan fingerprint density at radius 1 is 1.33 bits per heavy atom. The number of halogens is 1. The van der Waals surface area contributed by atoms with Crippen LogP contribution in [0.3, 0.4) is 0 Å². The number of morpholine rings is 1. The third-order valence-corrected chi connectivity index (χ3v) is 5.89. The van der Waals surface area contributed by atoms with Crippen LogP contribution in [0.15, 0.2) is 17.5 Å². The van der Waals surface area contributed by atoms with E-state index in [-0.39, 0.29) is 18.3 Å². The van der Waals surface area contributed by atoms with Gasteiger partial charge in [-0.05, 0) is 25.0 Å². The highest BCUT2D eigenvalue weighted by Gasteiger charge is 2.22. The lowest BCUT2D eigenvalue weighted by Crippen LogP contribution is -2.41. The first-order valence-corrected chi connectivity index (χ1v) is 9.64. The molecule has 1 amide bonds. The number of hydrogen-bond acceptors (Lipinski definition) is 6. The minimum atomic E-state index is 0. The van der Waals surface area contributed by atoms with Crippen LogP contribution in [-0.2, 0) is 16.0 Å². The van der Waals surface area contributed by atoms with Crippen molar-refractivity contribution in [1.29, 1.82) is 0 Å². The molecule has 0 bridgehead atoms. The standard InChI is InChI=1S/C16H19N3O2S2.ClH/c20-15(19-5-7-21-8-6-19)9-12-3-4-14(23-12)13-10-22-16(18-13)17-11-1-2-11;/h3-4,10-11H,1-2,5-9H2,(H,17,18);1H. The van der Waals surface area contributed by atoms with Crippen LogP contribution in [0.2, 0.25) is 0 Å². The zero-order valence-electron chi connectivity index (χ0n) is 13.2. The van der Waals surface area contributed by atoms with Gasteiger partial charge in [-0.15, -0.1) is 35.1 Å². The zero-order valence-corrected chi connectivity index (χ0v) is 15.6. The van der Waals surface area contributed by atoms with Crippen LogP contribution in [-0.4, -0.2) is 48.1 Å². The van der Waals surface area contributed by atoms with E-state index in [0.717, 1.165) is 20.6 Å². The van der Waals surface area contributed by atoms with Gasteiger partial charge in [-0.1, -0.05) is 0 Å². The molecule has 0 spiro atoms. The smallest absolute Gasteiger partial charge is 0.227 e. The van der Waals surface area contributed by atoms with Crippen LogP contribution in [0.5, 0.6) is 0 Å². The molecule has 5 nitrogen and oxygen atoms in total. The normalized spacial score (nSPS) is 17.4. The summed E-state index contributed by atoms with van der Waals surface area (Å²) < 4.78 is 5.29. The molecule has 3 heterocycles. The summed E-state index contributed by atoms with van der Waals surface area (Å²) in [5.74, 6) is 0.191. The van der Waals surface area contributed by atoms with Gasteiger partial charge >= 0.3 is 0 Å². The van der Waals surface area contributed by atoms with Gasteiger partial charge in [0.25, 0.3) is 0 Å². The maximum atomic E-state index is 12.3. The van der Waals surface area contributed by atoms with Gasteiger partial charge in [0.15, 0.2) is 5.13 Å². The Labute approximate surface area is 155 Å². The monoisotopic (exact) mass is 385 g/mol. The highest BCUT2D eigenvalue weighted by Crippen LogP contribution is 2.33. The Morgan fingerprint density at radius 2 is 2.12 bits per heavy atom. The molecule has 2 aliphatic rings. The first kappa shape index (κ1) is 17.7. The van der Waals surface area contributed by atoms with E-state index >= 15 is 0 Å². The summed E-state index contributed by atoms with van der Waals surface area (Å²) in [7, 11) is 0. The number of anilines is 1. The molecule has 0 atom stereocenters. The summed E-state index contributed by atoms with van der Waals surface area (Å²) in [5, 5.41) is 6.52. The molecule has 24 heavy (non-hydrogen) atoms. The largest absolute Gasteiger partial charge is 0.378 e. The Bertz CT molecular complexity index is 693. The molecule has 0 aromatic carbocycles. The third-order valence-electron chi connectivity index (χ3n) is 4.01. The topological polar surface area (TPSA) is 54.5 Å². The number of rotatable bonds is 5. The number of amides is 1. The number of nitrogens with zero attached hydrogens (tertiary/aromatic N) is 2. The van der Waals surface area contributed by atoms with Crippen molar-refractivity contribution in [2.24, 2.45) is 0 Å². The number of carbonyl (C=O) groups is 1. The van der Waals surface area contributed by atoms with E-state index in [9.17, 15) is 4.79 Å². The third kappa shape index (κ3) is 4.27. The predicted octanol–water partition coefficient (Wildman–Crippen LogP) is 3.27. The molecule has 4 rings (SSSR count). The number of nitrogens with one attached hydrogen (secondary N) is 1. The average Bonchev–Trinajstić information content (AvgIpc) is 3.07. The first-order valence-electron chi connectivity index (χ1n) is 7.94. The molecule has 130 valence electrons. The maximum absolute atomic E-state index is 12.3. The van der Waals surface area contributed by atoms with Gasteiger partial charge in [0, 0.05) is 29.4 Å². The molecule has 1 saturated carbocycles. The summed E-state index contributed by atoms with van der Waals surface area (Å²) in [4.78, 5) is 21.1. The van der Waals surface area contributed by atoms with Gasteiger partial charge in [0.2, 0.25) is 5.91 Å². The molecule has 1 aliphatic carbocycles.